The summed E-state index contributed by atoms with van der Waals surface area (Å²) < 4.78 is 0. The Balaban J connectivity index is 1.95. The van der Waals surface area contributed by atoms with Gasteiger partial charge >= 0.3 is 0 Å². The van der Waals surface area contributed by atoms with E-state index in [9.17, 15) is 4.79 Å². The molecule has 2 heterocycles. The lowest BCUT2D eigenvalue weighted by Crippen LogP contribution is -2.38. The van der Waals surface area contributed by atoms with Crippen molar-refractivity contribution in [3.05, 3.63) is 23.8 Å². The van der Waals surface area contributed by atoms with Crippen molar-refractivity contribution in [3.63, 3.8) is 0 Å². The molecular formula is C14H21N3O. The Bertz CT molecular complexity index is 411. The summed E-state index contributed by atoms with van der Waals surface area (Å²) in [5.41, 5.74) is 2.32. The maximum absolute atomic E-state index is 11.8. The highest BCUT2D eigenvalue weighted by atomic mass is 16.2. The van der Waals surface area contributed by atoms with Crippen molar-refractivity contribution in [2.45, 2.75) is 45.4 Å². The number of carbonyl (C=O) groups excluding carboxylic acids is 1. The van der Waals surface area contributed by atoms with Crippen molar-refractivity contribution < 1.29 is 4.79 Å². The highest BCUT2D eigenvalue weighted by molar-refractivity contribution is 5.76. The second-order valence-electron chi connectivity index (χ2n) is 5.00. The fourth-order valence-electron chi connectivity index (χ4n) is 2.61. The highest BCUT2D eigenvalue weighted by Crippen LogP contribution is 2.28. The van der Waals surface area contributed by atoms with Crippen molar-refractivity contribution in [1.29, 1.82) is 0 Å². The van der Waals surface area contributed by atoms with Crippen LogP contribution in [0.15, 0.2) is 12.5 Å². The molecule has 1 fully saturated rings. The molecule has 1 aromatic heterocycles. The minimum Gasteiger partial charge on any atom is -0.343 e. The molecule has 98 valence electrons. The van der Waals surface area contributed by atoms with E-state index in [1.54, 1.807) is 6.33 Å². The number of aryl methyl sites for hydroxylation is 1. The van der Waals surface area contributed by atoms with Gasteiger partial charge < -0.3 is 4.90 Å². The Hall–Kier alpha value is -1.45. The average Bonchev–Trinajstić information content (AvgIpc) is 2.40. The smallest absolute Gasteiger partial charge is 0.222 e. The zero-order valence-corrected chi connectivity index (χ0v) is 11.2. The van der Waals surface area contributed by atoms with E-state index in [0.717, 1.165) is 43.6 Å². The lowest BCUT2D eigenvalue weighted by molar-refractivity contribution is -0.132. The fraction of sp³-hybridized carbons (Fsp3) is 0.643. The van der Waals surface area contributed by atoms with Crippen molar-refractivity contribution in [2.24, 2.45) is 0 Å². The number of hydrogen-bond donors (Lipinski definition) is 0. The summed E-state index contributed by atoms with van der Waals surface area (Å²) >= 11 is 0. The molecule has 1 aliphatic heterocycles. The molecule has 0 N–H and O–H groups in total. The van der Waals surface area contributed by atoms with Crippen LogP contribution < -0.4 is 0 Å². The Kier molecular flexibility index (Phi) is 4.28. The topological polar surface area (TPSA) is 46.1 Å². The molecule has 4 nitrogen and oxygen atoms in total. The molecule has 1 aromatic rings. The summed E-state index contributed by atoms with van der Waals surface area (Å²) in [6.07, 6.45) is 7.15. The van der Waals surface area contributed by atoms with Gasteiger partial charge in [-0.3, -0.25) is 4.79 Å². The number of nitrogens with zero attached hydrogens (tertiary/aromatic N) is 3. The van der Waals surface area contributed by atoms with Gasteiger partial charge in [0.25, 0.3) is 0 Å². The molecule has 2 rings (SSSR count). The van der Waals surface area contributed by atoms with E-state index in [1.807, 2.05) is 11.1 Å². The molecule has 1 amide bonds. The zero-order valence-electron chi connectivity index (χ0n) is 11.2. The van der Waals surface area contributed by atoms with Crippen LogP contribution in [-0.4, -0.2) is 33.9 Å². The quantitative estimate of drug-likeness (QED) is 0.823. The molecule has 0 spiro atoms. The molecule has 1 aliphatic rings. The third-order valence-electron chi connectivity index (χ3n) is 3.63. The summed E-state index contributed by atoms with van der Waals surface area (Å²) in [7, 11) is 0. The normalized spacial score (nSPS) is 16.9. The zero-order chi connectivity index (χ0) is 13.0. The van der Waals surface area contributed by atoms with Gasteiger partial charge in [0.2, 0.25) is 5.91 Å². The molecule has 0 radical (unpaired) electrons. The van der Waals surface area contributed by atoms with Gasteiger partial charge in [0.1, 0.15) is 6.33 Å². The number of aromatic nitrogens is 2. The van der Waals surface area contributed by atoms with Gasteiger partial charge in [-0.15, -0.1) is 0 Å². The van der Waals surface area contributed by atoms with E-state index >= 15 is 0 Å². The monoisotopic (exact) mass is 247 g/mol. The Morgan fingerprint density at radius 3 is 2.78 bits per heavy atom. The maximum atomic E-state index is 11.8. The lowest BCUT2D eigenvalue weighted by atomic mass is 9.91. The van der Waals surface area contributed by atoms with Crippen LogP contribution in [0.4, 0.5) is 0 Å². The first-order valence-electron chi connectivity index (χ1n) is 6.76. The van der Waals surface area contributed by atoms with Crippen LogP contribution in [0.25, 0.3) is 0 Å². The molecule has 0 bridgehead atoms. The molecule has 0 unspecified atom stereocenters. The van der Waals surface area contributed by atoms with Crippen LogP contribution in [0.2, 0.25) is 0 Å². The van der Waals surface area contributed by atoms with E-state index in [1.165, 1.54) is 0 Å². The van der Waals surface area contributed by atoms with Crippen LogP contribution in [0.5, 0.6) is 0 Å². The second kappa shape index (κ2) is 5.94. The lowest BCUT2D eigenvalue weighted by Gasteiger charge is -2.32. The van der Waals surface area contributed by atoms with Crippen molar-refractivity contribution in [3.8, 4) is 0 Å². The summed E-state index contributed by atoms with van der Waals surface area (Å²) in [6.45, 7) is 5.85. The maximum Gasteiger partial charge on any atom is 0.222 e. The van der Waals surface area contributed by atoms with Gasteiger partial charge in [-0.1, -0.05) is 6.92 Å². The van der Waals surface area contributed by atoms with Gasteiger partial charge in [0.15, 0.2) is 0 Å². The summed E-state index contributed by atoms with van der Waals surface area (Å²) in [6, 6.07) is 0. The first kappa shape index (κ1) is 13.0. The molecule has 0 saturated carbocycles. The van der Waals surface area contributed by atoms with Gasteiger partial charge in [-0.2, -0.15) is 0 Å². The standard InChI is InChI=1S/C14H21N3O/c1-3-4-13(18)17-7-5-12(6-8-17)14-11(2)9-15-10-16-14/h9-10,12H,3-8H2,1-2H3. The predicted molar refractivity (Wildman–Crippen MR) is 70.2 cm³/mol. The average molecular weight is 247 g/mol. The van der Waals surface area contributed by atoms with Gasteiger partial charge in [-0.25, -0.2) is 9.97 Å². The number of rotatable bonds is 3. The summed E-state index contributed by atoms with van der Waals surface area (Å²) in [5.74, 6) is 0.786. The fourth-order valence-corrected chi connectivity index (χ4v) is 2.61. The molecule has 0 atom stereocenters. The van der Waals surface area contributed by atoms with E-state index < -0.39 is 0 Å². The van der Waals surface area contributed by atoms with Crippen LogP contribution in [-0.2, 0) is 4.79 Å². The molecule has 18 heavy (non-hydrogen) atoms. The molecule has 4 heteroatoms. The Morgan fingerprint density at radius 1 is 1.44 bits per heavy atom. The van der Waals surface area contributed by atoms with Crippen LogP contribution in [0.1, 0.15) is 49.8 Å². The van der Waals surface area contributed by atoms with Crippen molar-refractivity contribution in [1.82, 2.24) is 14.9 Å². The molecule has 0 aliphatic carbocycles. The second-order valence-corrected chi connectivity index (χ2v) is 5.00. The van der Waals surface area contributed by atoms with Crippen LogP contribution in [0, 0.1) is 6.92 Å². The number of piperidine rings is 1. The SMILES string of the molecule is CCCC(=O)N1CCC(c2ncncc2C)CC1. The highest BCUT2D eigenvalue weighted by Gasteiger charge is 2.24. The third kappa shape index (κ3) is 2.86. The minimum atomic E-state index is 0.301. The Morgan fingerprint density at radius 2 is 2.17 bits per heavy atom. The van der Waals surface area contributed by atoms with Crippen LogP contribution >= 0.6 is 0 Å². The van der Waals surface area contributed by atoms with E-state index in [-0.39, 0.29) is 0 Å². The van der Waals surface area contributed by atoms with Gasteiger partial charge in [-0.05, 0) is 31.7 Å². The van der Waals surface area contributed by atoms with E-state index in [0.29, 0.717) is 18.2 Å². The third-order valence-corrected chi connectivity index (χ3v) is 3.63. The van der Waals surface area contributed by atoms with Crippen molar-refractivity contribution in [2.75, 3.05) is 13.1 Å². The number of hydrogen-bond acceptors (Lipinski definition) is 3. The molecule has 1 saturated heterocycles. The minimum absolute atomic E-state index is 0.301. The number of likely N-dealkylation sites (tertiary alicyclic amines) is 1. The van der Waals surface area contributed by atoms with Gasteiger partial charge in [0.05, 0.1) is 0 Å². The van der Waals surface area contributed by atoms with Gasteiger partial charge in [0, 0.05) is 37.3 Å². The van der Waals surface area contributed by atoms with Crippen LogP contribution in [0.3, 0.4) is 0 Å². The van der Waals surface area contributed by atoms with E-state index in [4.69, 9.17) is 0 Å². The predicted octanol–water partition coefficient (Wildman–Crippen LogP) is 2.29. The van der Waals surface area contributed by atoms with Crippen molar-refractivity contribution >= 4 is 5.91 Å². The summed E-state index contributed by atoms with van der Waals surface area (Å²) in [5, 5.41) is 0. The largest absolute Gasteiger partial charge is 0.343 e. The number of carbonyl (C=O) groups is 1. The Labute approximate surface area is 108 Å². The molecule has 0 aromatic carbocycles. The summed E-state index contributed by atoms with van der Waals surface area (Å²) in [4.78, 5) is 22.2. The molecular weight excluding hydrogens is 226 g/mol. The van der Waals surface area contributed by atoms with E-state index in [2.05, 4.69) is 23.8 Å². The first-order valence-corrected chi connectivity index (χ1v) is 6.76. The first-order chi connectivity index (χ1) is 8.72. The number of amides is 1.